The number of hydrogen-bond donors (Lipinski definition) is 1. The molecule has 0 radical (unpaired) electrons. The molecule has 0 heterocycles. The maximum Gasteiger partial charge on any atom is 0.0830 e. The van der Waals surface area contributed by atoms with Crippen molar-refractivity contribution >= 4 is 22.6 Å². The normalized spacial score (nSPS) is 12.4. The summed E-state index contributed by atoms with van der Waals surface area (Å²) in [5.74, 6) is 0. The first-order valence-electron chi connectivity index (χ1n) is 6.06. The Kier molecular flexibility index (Phi) is 4.40. The van der Waals surface area contributed by atoms with E-state index in [4.69, 9.17) is 0 Å². The Bertz CT molecular complexity index is 549. The molecule has 94 valence electrons. The van der Waals surface area contributed by atoms with Gasteiger partial charge in [-0.2, -0.15) is 0 Å². The van der Waals surface area contributed by atoms with Crippen LogP contribution < -0.4 is 0 Å². The molecule has 18 heavy (non-hydrogen) atoms. The van der Waals surface area contributed by atoms with Gasteiger partial charge in [-0.15, -0.1) is 0 Å². The van der Waals surface area contributed by atoms with Crippen molar-refractivity contribution in [2.45, 2.75) is 26.4 Å². The van der Waals surface area contributed by atoms with Crippen molar-refractivity contribution in [1.82, 2.24) is 0 Å². The summed E-state index contributed by atoms with van der Waals surface area (Å²) in [4.78, 5) is 0. The fraction of sp³-hybridized carbons (Fsp3) is 0.250. The van der Waals surface area contributed by atoms with E-state index in [1.165, 1.54) is 16.7 Å². The largest absolute Gasteiger partial charge is 0.388 e. The third-order valence-electron chi connectivity index (χ3n) is 3.23. The first-order valence-corrected chi connectivity index (χ1v) is 7.14. The van der Waals surface area contributed by atoms with E-state index >= 15 is 0 Å². The minimum Gasteiger partial charge on any atom is -0.388 e. The van der Waals surface area contributed by atoms with E-state index in [2.05, 4.69) is 54.6 Å². The van der Waals surface area contributed by atoms with Gasteiger partial charge in [0, 0.05) is 9.99 Å². The Balaban J connectivity index is 2.16. The first kappa shape index (κ1) is 13.6. The van der Waals surface area contributed by atoms with Crippen molar-refractivity contribution in [3.8, 4) is 0 Å². The van der Waals surface area contributed by atoms with Gasteiger partial charge in [0.15, 0.2) is 0 Å². The molecule has 0 aliphatic carbocycles. The van der Waals surface area contributed by atoms with Gasteiger partial charge >= 0.3 is 0 Å². The number of rotatable bonds is 3. The zero-order valence-corrected chi connectivity index (χ0v) is 12.8. The lowest BCUT2D eigenvalue weighted by molar-refractivity contribution is 0.178. The van der Waals surface area contributed by atoms with Crippen molar-refractivity contribution < 1.29 is 5.11 Å². The Morgan fingerprint density at radius 3 is 2.50 bits per heavy atom. The van der Waals surface area contributed by atoms with Crippen LogP contribution in [0, 0.1) is 17.4 Å². The van der Waals surface area contributed by atoms with Crippen LogP contribution in [0.15, 0.2) is 42.5 Å². The maximum atomic E-state index is 10.3. The average Bonchev–Trinajstić information content (AvgIpc) is 2.34. The molecule has 0 aliphatic rings. The predicted molar refractivity (Wildman–Crippen MR) is 83.7 cm³/mol. The second kappa shape index (κ2) is 5.85. The molecular formula is C16H17IO. The van der Waals surface area contributed by atoms with Crippen LogP contribution in [0.4, 0.5) is 0 Å². The fourth-order valence-electron chi connectivity index (χ4n) is 1.99. The Morgan fingerprint density at radius 1 is 1.06 bits per heavy atom. The van der Waals surface area contributed by atoms with E-state index < -0.39 is 6.10 Å². The van der Waals surface area contributed by atoms with Crippen LogP contribution in [0.5, 0.6) is 0 Å². The van der Waals surface area contributed by atoms with Gasteiger partial charge in [-0.1, -0.05) is 30.3 Å². The smallest absolute Gasteiger partial charge is 0.0830 e. The Morgan fingerprint density at radius 2 is 1.83 bits per heavy atom. The van der Waals surface area contributed by atoms with E-state index in [-0.39, 0.29) is 0 Å². The molecule has 0 bridgehead atoms. The topological polar surface area (TPSA) is 20.2 Å². The summed E-state index contributed by atoms with van der Waals surface area (Å²) in [7, 11) is 0. The highest BCUT2D eigenvalue weighted by Gasteiger charge is 2.09. The summed E-state index contributed by atoms with van der Waals surface area (Å²) >= 11 is 2.27. The van der Waals surface area contributed by atoms with Crippen LogP contribution in [-0.2, 0) is 6.42 Å². The van der Waals surface area contributed by atoms with E-state index in [0.717, 1.165) is 9.13 Å². The molecule has 1 nitrogen and oxygen atoms in total. The van der Waals surface area contributed by atoms with E-state index in [1.807, 2.05) is 24.3 Å². The third-order valence-corrected chi connectivity index (χ3v) is 3.90. The number of aryl methyl sites for hydroxylation is 2. The number of aliphatic hydroxyl groups is 1. The summed E-state index contributed by atoms with van der Waals surface area (Å²) in [5, 5.41) is 10.3. The highest BCUT2D eigenvalue weighted by molar-refractivity contribution is 14.1. The molecular weight excluding hydrogens is 335 g/mol. The third kappa shape index (κ3) is 3.33. The van der Waals surface area contributed by atoms with Crippen LogP contribution in [0.2, 0.25) is 0 Å². The van der Waals surface area contributed by atoms with Gasteiger partial charge in [-0.05, 0) is 70.8 Å². The van der Waals surface area contributed by atoms with Crippen molar-refractivity contribution in [2.24, 2.45) is 0 Å². The van der Waals surface area contributed by atoms with Crippen molar-refractivity contribution in [3.05, 3.63) is 68.3 Å². The second-order valence-corrected chi connectivity index (χ2v) is 5.94. The summed E-state index contributed by atoms with van der Waals surface area (Å²) in [6, 6.07) is 14.4. The predicted octanol–water partition coefficient (Wildman–Crippen LogP) is 4.18. The standard InChI is InChI=1S/C16H17IO/c1-11-6-7-13(8-12(11)2)9-16(18)14-4-3-5-15(17)10-14/h3-8,10,16,18H,9H2,1-2H3. The lowest BCUT2D eigenvalue weighted by Gasteiger charge is -2.12. The van der Waals surface area contributed by atoms with E-state index in [0.29, 0.717) is 6.42 Å². The van der Waals surface area contributed by atoms with Crippen molar-refractivity contribution in [3.63, 3.8) is 0 Å². The summed E-state index contributed by atoms with van der Waals surface area (Å²) in [5.41, 5.74) is 4.74. The van der Waals surface area contributed by atoms with Gasteiger partial charge in [0.1, 0.15) is 0 Å². The molecule has 0 fully saturated rings. The molecule has 2 rings (SSSR count). The van der Waals surface area contributed by atoms with Gasteiger partial charge in [0.25, 0.3) is 0 Å². The molecule has 1 unspecified atom stereocenters. The number of halogens is 1. The molecule has 2 heteroatoms. The van der Waals surface area contributed by atoms with Crippen LogP contribution in [0.1, 0.15) is 28.4 Å². The lowest BCUT2D eigenvalue weighted by Crippen LogP contribution is -2.02. The average molecular weight is 352 g/mol. The van der Waals surface area contributed by atoms with Gasteiger partial charge in [0.05, 0.1) is 6.10 Å². The highest BCUT2D eigenvalue weighted by Crippen LogP contribution is 2.21. The minimum absolute atomic E-state index is 0.429. The van der Waals surface area contributed by atoms with Crippen molar-refractivity contribution in [1.29, 1.82) is 0 Å². The van der Waals surface area contributed by atoms with E-state index in [1.54, 1.807) is 0 Å². The summed E-state index contributed by atoms with van der Waals surface area (Å²) in [6.07, 6.45) is 0.239. The Labute approximate surface area is 122 Å². The molecule has 0 amide bonds. The maximum absolute atomic E-state index is 10.3. The Hall–Kier alpha value is -0.870. The molecule has 0 spiro atoms. The quantitative estimate of drug-likeness (QED) is 0.822. The molecule has 0 aliphatic heterocycles. The zero-order valence-electron chi connectivity index (χ0n) is 10.7. The fourth-order valence-corrected chi connectivity index (χ4v) is 2.55. The zero-order chi connectivity index (χ0) is 13.1. The highest BCUT2D eigenvalue weighted by atomic mass is 127. The molecule has 1 atom stereocenters. The van der Waals surface area contributed by atoms with Crippen LogP contribution in [0.25, 0.3) is 0 Å². The van der Waals surface area contributed by atoms with Gasteiger partial charge in [-0.25, -0.2) is 0 Å². The number of aliphatic hydroxyl groups excluding tert-OH is 1. The molecule has 0 aromatic heterocycles. The molecule has 2 aromatic carbocycles. The molecule has 2 aromatic rings. The SMILES string of the molecule is Cc1ccc(CC(O)c2cccc(I)c2)cc1C. The van der Waals surface area contributed by atoms with Crippen molar-refractivity contribution in [2.75, 3.05) is 0 Å². The van der Waals surface area contributed by atoms with Crippen LogP contribution >= 0.6 is 22.6 Å². The van der Waals surface area contributed by atoms with Crippen LogP contribution in [0.3, 0.4) is 0 Å². The van der Waals surface area contributed by atoms with E-state index in [9.17, 15) is 5.11 Å². The minimum atomic E-state index is -0.429. The number of benzene rings is 2. The molecule has 0 saturated heterocycles. The molecule has 0 saturated carbocycles. The molecule has 1 N–H and O–H groups in total. The summed E-state index contributed by atoms with van der Waals surface area (Å²) in [6.45, 7) is 4.21. The summed E-state index contributed by atoms with van der Waals surface area (Å²) < 4.78 is 1.16. The first-order chi connectivity index (χ1) is 8.56. The monoisotopic (exact) mass is 352 g/mol. The number of hydrogen-bond acceptors (Lipinski definition) is 1. The lowest BCUT2D eigenvalue weighted by atomic mass is 9.98. The second-order valence-electron chi connectivity index (χ2n) is 4.69. The van der Waals surface area contributed by atoms with Gasteiger partial charge < -0.3 is 5.11 Å². The van der Waals surface area contributed by atoms with Crippen LogP contribution in [-0.4, -0.2) is 5.11 Å². The van der Waals surface area contributed by atoms with Gasteiger partial charge in [0.2, 0.25) is 0 Å². The van der Waals surface area contributed by atoms with Gasteiger partial charge in [-0.3, -0.25) is 0 Å².